The van der Waals surface area contributed by atoms with Crippen LogP contribution >= 0.6 is 0 Å². The first-order valence-electron chi connectivity index (χ1n) is 5.79. The molecular weight excluding hydrogens is 273 g/mol. The Morgan fingerprint density at radius 2 is 1.80 bits per heavy atom. The van der Waals surface area contributed by atoms with Gasteiger partial charge in [-0.25, -0.2) is 0 Å². The Hall–Kier alpha value is -2.05. The lowest BCUT2D eigenvalue weighted by molar-refractivity contribution is -0.137. The standard InChI is InChI=1S/C13H15F3N2O2/c1-7-4-9(6-10(5-7)13(14,15)16)12(20)18(3)8(2)11(17)19/h4-6,8H,1-3H3,(H2,17,19). The molecule has 1 atom stereocenters. The van der Waals surface area contributed by atoms with Crippen LogP contribution in [0.1, 0.15) is 28.4 Å². The van der Waals surface area contributed by atoms with Crippen LogP contribution in [0.25, 0.3) is 0 Å². The van der Waals surface area contributed by atoms with E-state index in [2.05, 4.69) is 0 Å². The molecule has 2 amide bonds. The molecule has 0 spiro atoms. The van der Waals surface area contributed by atoms with Crippen molar-refractivity contribution in [1.29, 1.82) is 0 Å². The number of carbonyl (C=O) groups is 2. The molecule has 1 aromatic rings. The van der Waals surface area contributed by atoms with Crippen LogP contribution in [-0.4, -0.2) is 29.8 Å². The number of alkyl halides is 3. The average molecular weight is 288 g/mol. The highest BCUT2D eigenvalue weighted by molar-refractivity contribution is 5.97. The van der Waals surface area contributed by atoms with Gasteiger partial charge in [0.2, 0.25) is 5.91 Å². The molecular formula is C13H15F3N2O2. The maximum atomic E-state index is 12.7. The van der Waals surface area contributed by atoms with Gasteiger partial charge in [0.1, 0.15) is 6.04 Å². The lowest BCUT2D eigenvalue weighted by Gasteiger charge is -2.23. The van der Waals surface area contributed by atoms with Crippen molar-refractivity contribution in [3.63, 3.8) is 0 Å². The number of aryl methyl sites for hydroxylation is 1. The molecule has 0 radical (unpaired) electrons. The van der Waals surface area contributed by atoms with E-state index >= 15 is 0 Å². The first-order chi connectivity index (χ1) is 9.04. The number of nitrogens with zero attached hydrogens (tertiary/aromatic N) is 1. The maximum Gasteiger partial charge on any atom is 0.416 e. The molecule has 0 fully saturated rings. The average Bonchev–Trinajstić information content (AvgIpc) is 2.34. The van der Waals surface area contributed by atoms with Crippen molar-refractivity contribution in [2.45, 2.75) is 26.1 Å². The minimum Gasteiger partial charge on any atom is -0.368 e. The third kappa shape index (κ3) is 3.49. The smallest absolute Gasteiger partial charge is 0.368 e. The van der Waals surface area contributed by atoms with Gasteiger partial charge >= 0.3 is 6.18 Å². The maximum absolute atomic E-state index is 12.7. The second kappa shape index (κ2) is 5.52. The van der Waals surface area contributed by atoms with Crippen molar-refractivity contribution < 1.29 is 22.8 Å². The van der Waals surface area contributed by atoms with Gasteiger partial charge in [0.25, 0.3) is 5.91 Å². The van der Waals surface area contributed by atoms with E-state index in [1.807, 2.05) is 0 Å². The quantitative estimate of drug-likeness (QED) is 0.924. The molecule has 0 aliphatic heterocycles. The van der Waals surface area contributed by atoms with Crippen LogP contribution < -0.4 is 5.73 Å². The fraction of sp³-hybridized carbons (Fsp3) is 0.385. The normalized spacial score (nSPS) is 12.9. The van der Waals surface area contributed by atoms with Crippen molar-refractivity contribution in [2.24, 2.45) is 5.73 Å². The number of hydrogen-bond donors (Lipinski definition) is 1. The summed E-state index contributed by atoms with van der Waals surface area (Å²) in [5.41, 5.74) is 4.34. The molecule has 110 valence electrons. The van der Waals surface area contributed by atoms with Crippen molar-refractivity contribution >= 4 is 11.8 Å². The Morgan fingerprint density at radius 3 is 2.25 bits per heavy atom. The minimum atomic E-state index is -4.53. The van der Waals surface area contributed by atoms with Gasteiger partial charge in [-0.2, -0.15) is 13.2 Å². The molecule has 4 nitrogen and oxygen atoms in total. The first kappa shape index (κ1) is 16.0. The third-order valence-electron chi connectivity index (χ3n) is 2.96. The molecule has 2 N–H and O–H groups in total. The molecule has 1 rings (SSSR count). The molecule has 0 aliphatic rings. The molecule has 1 unspecified atom stereocenters. The van der Waals surface area contributed by atoms with Crippen molar-refractivity contribution in [1.82, 2.24) is 4.90 Å². The Kier molecular flexibility index (Phi) is 4.42. The summed E-state index contributed by atoms with van der Waals surface area (Å²) in [6.07, 6.45) is -4.53. The summed E-state index contributed by atoms with van der Waals surface area (Å²) < 4.78 is 38.1. The molecule has 0 saturated heterocycles. The highest BCUT2D eigenvalue weighted by Crippen LogP contribution is 2.30. The number of nitrogens with two attached hydrogens (primary N) is 1. The van der Waals surface area contributed by atoms with Crippen LogP contribution in [0.4, 0.5) is 13.2 Å². The topological polar surface area (TPSA) is 63.4 Å². The molecule has 7 heteroatoms. The molecule has 20 heavy (non-hydrogen) atoms. The van der Waals surface area contributed by atoms with Gasteiger partial charge in [-0.1, -0.05) is 0 Å². The molecule has 0 heterocycles. The van der Waals surface area contributed by atoms with E-state index in [1.165, 1.54) is 27.0 Å². The van der Waals surface area contributed by atoms with E-state index < -0.39 is 29.6 Å². The van der Waals surface area contributed by atoms with Crippen molar-refractivity contribution in [3.8, 4) is 0 Å². The minimum absolute atomic E-state index is 0.132. The zero-order valence-electron chi connectivity index (χ0n) is 11.3. The second-order valence-electron chi connectivity index (χ2n) is 4.58. The van der Waals surface area contributed by atoms with E-state index in [-0.39, 0.29) is 5.56 Å². The summed E-state index contributed by atoms with van der Waals surface area (Å²) in [5, 5.41) is 0. The molecule has 0 bridgehead atoms. The predicted octanol–water partition coefficient (Wildman–Crippen LogP) is 1.96. The summed E-state index contributed by atoms with van der Waals surface area (Å²) in [7, 11) is 1.31. The van der Waals surface area contributed by atoms with Gasteiger partial charge in [-0.05, 0) is 37.6 Å². The Morgan fingerprint density at radius 1 is 1.25 bits per heavy atom. The van der Waals surface area contributed by atoms with Crippen LogP contribution in [0.3, 0.4) is 0 Å². The van der Waals surface area contributed by atoms with Crippen LogP contribution in [0.15, 0.2) is 18.2 Å². The SMILES string of the molecule is Cc1cc(C(=O)N(C)C(C)C(N)=O)cc(C(F)(F)F)c1. The summed E-state index contributed by atoms with van der Waals surface area (Å²) in [4.78, 5) is 24.1. The van der Waals surface area contributed by atoms with Gasteiger partial charge in [0, 0.05) is 12.6 Å². The highest BCUT2D eigenvalue weighted by atomic mass is 19.4. The predicted molar refractivity (Wildman–Crippen MR) is 66.9 cm³/mol. The molecule has 1 aromatic carbocycles. The van der Waals surface area contributed by atoms with E-state index in [4.69, 9.17) is 5.73 Å². The number of hydrogen-bond acceptors (Lipinski definition) is 2. The number of rotatable bonds is 3. The van der Waals surface area contributed by atoms with E-state index in [0.717, 1.165) is 17.0 Å². The molecule has 0 aliphatic carbocycles. The van der Waals surface area contributed by atoms with E-state index in [0.29, 0.717) is 5.56 Å². The number of amides is 2. The fourth-order valence-electron chi connectivity index (χ4n) is 1.64. The first-order valence-corrected chi connectivity index (χ1v) is 5.79. The summed E-state index contributed by atoms with van der Waals surface area (Å²) in [6.45, 7) is 2.87. The van der Waals surface area contributed by atoms with Gasteiger partial charge in [-0.3, -0.25) is 9.59 Å². The van der Waals surface area contributed by atoms with Crippen LogP contribution in [0.2, 0.25) is 0 Å². The molecule has 0 aromatic heterocycles. The number of likely N-dealkylation sites (N-methyl/N-ethyl adjacent to an activating group) is 1. The van der Waals surface area contributed by atoms with E-state index in [1.54, 1.807) is 0 Å². The van der Waals surface area contributed by atoms with Crippen LogP contribution in [-0.2, 0) is 11.0 Å². The van der Waals surface area contributed by atoms with Crippen molar-refractivity contribution in [2.75, 3.05) is 7.05 Å². The van der Waals surface area contributed by atoms with Crippen LogP contribution in [0.5, 0.6) is 0 Å². The zero-order valence-corrected chi connectivity index (χ0v) is 11.3. The fourth-order valence-corrected chi connectivity index (χ4v) is 1.64. The summed E-state index contributed by atoms with van der Waals surface area (Å²) in [6, 6.07) is 2.15. The number of benzene rings is 1. The molecule has 0 saturated carbocycles. The van der Waals surface area contributed by atoms with Gasteiger partial charge in [0.05, 0.1) is 5.56 Å². The third-order valence-corrected chi connectivity index (χ3v) is 2.96. The Bertz CT molecular complexity index is 541. The van der Waals surface area contributed by atoms with Crippen molar-refractivity contribution in [3.05, 3.63) is 34.9 Å². The summed E-state index contributed by atoms with van der Waals surface area (Å²) in [5.74, 6) is -1.42. The lowest BCUT2D eigenvalue weighted by atomic mass is 10.0. The number of halogens is 3. The van der Waals surface area contributed by atoms with E-state index in [9.17, 15) is 22.8 Å². The van der Waals surface area contributed by atoms with Gasteiger partial charge < -0.3 is 10.6 Å². The lowest BCUT2D eigenvalue weighted by Crippen LogP contribution is -2.43. The van der Waals surface area contributed by atoms with Crippen LogP contribution in [0, 0.1) is 6.92 Å². The highest BCUT2D eigenvalue weighted by Gasteiger charge is 2.32. The van der Waals surface area contributed by atoms with Gasteiger partial charge in [-0.15, -0.1) is 0 Å². The Labute approximate surface area is 114 Å². The number of carbonyl (C=O) groups excluding carboxylic acids is 2. The van der Waals surface area contributed by atoms with Gasteiger partial charge in [0.15, 0.2) is 0 Å². The summed E-state index contributed by atoms with van der Waals surface area (Å²) >= 11 is 0. The number of primary amides is 1. The zero-order chi connectivity index (χ0) is 15.7. The largest absolute Gasteiger partial charge is 0.416 e. The second-order valence-corrected chi connectivity index (χ2v) is 4.58. The monoisotopic (exact) mass is 288 g/mol. The Balaban J connectivity index is 3.17.